The standard InChI is InChI=1S/C9H16N4O/c1-6-5-11-13-9(6)12-8(14)4-3-7(2)10/h5,7H,3-4,10H2,1-2H3,(H2,11,12,13,14). The molecule has 5 nitrogen and oxygen atoms in total. The molecule has 4 N–H and O–H groups in total. The maximum atomic E-state index is 11.4. The molecule has 14 heavy (non-hydrogen) atoms. The molecule has 0 radical (unpaired) electrons. The number of amides is 1. The number of carbonyl (C=O) groups is 1. The first kappa shape index (κ1) is 10.7. The number of nitrogens with zero attached hydrogens (tertiary/aromatic N) is 1. The summed E-state index contributed by atoms with van der Waals surface area (Å²) in [7, 11) is 0. The fourth-order valence-corrected chi connectivity index (χ4v) is 1.03. The lowest BCUT2D eigenvalue weighted by atomic mass is 10.2. The Balaban J connectivity index is 2.38. The number of nitrogens with one attached hydrogen (secondary N) is 2. The molecule has 1 aromatic rings. The van der Waals surface area contributed by atoms with Gasteiger partial charge in [-0.05, 0) is 20.3 Å². The summed E-state index contributed by atoms with van der Waals surface area (Å²) in [5.41, 5.74) is 6.47. The Morgan fingerprint density at radius 3 is 3.00 bits per heavy atom. The molecule has 1 unspecified atom stereocenters. The lowest BCUT2D eigenvalue weighted by molar-refractivity contribution is -0.116. The van der Waals surface area contributed by atoms with Crippen LogP contribution in [0.5, 0.6) is 0 Å². The Labute approximate surface area is 83.1 Å². The predicted octanol–water partition coefficient (Wildman–Crippen LogP) is 0.784. The normalized spacial score (nSPS) is 12.5. The van der Waals surface area contributed by atoms with Crippen LogP contribution >= 0.6 is 0 Å². The highest BCUT2D eigenvalue weighted by atomic mass is 16.1. The SMILES string of the molecule is Cc1cn[nH]c1NC(=O)CCC(C)N. The van der Waals surface area contributed by atoms with E-state index in [0.717, 1.165) is 5.56 Å². The topological polar surface area (TPSA) is 83.8 Å². The van der Waals surface area contributed by atoms with Crippen molar-refractivity contribution in [1.82, 2.24) is 10.2 Å². The summed E-state index contributed by atoms with van der Waals surface area (Å²) in [6, 6.07) is 0.0589. The molecule has 0 aliphatic rings. The lowest BCUT2D eigenvalue weighted by Gasteiger charge is -2.05. The molecule has 0 aliphatic carbocycles. The number of aryl methyl sites for hydroxylation is 1. The first-order chi connectivity index (χ1) is 6.59. The molecule has 0 aromatic carbocycles. The van der Waals surface area contributed by atoms with Crippen molar-refractivity contribution in [2.24, 2.45) is 5.73 Å². The summed E-state index contributed by atoms with van der Waals surface area (Å²) in [6.45, 7) is 3.76. The molecule has 0 saturated carbocycles. The summed E-state index contributed by atoms with van der Waals surface area (Å²) in [4.78, 5) is 11.4. The molecule has 78 valence electrons. The fourth-order valence-electron chi connectivity index (χ4n) is 1.03. The van der Waals surface area contributed by atoms with E-state index in [0.29, 0.717) is 18.7 Å². The van der Waals surface area contributed by atoms with Gasteiger partial charge in [0.25, 0.3) is 0 Å². The van der Waals surface area contributed by atoms with E-state index in [2.05, 4.69) is 15.5 Å². The monoisotopic (exact) mass is 196 g/mol. The van der Waals surface area contributed by atoms with Gasteiger partial charge in [0.1, 0.15) is 5.82 Å². The van der Waals surface area contributed by atoms with Gasteiger partial charge in [0.2, 0.25) is 5.91 Å². The summed E-state index contributed by atoms with van der Waals surface area (Å²) in [6.07, 6.45) is 2.80. The zero-order chi connectivity index (χ0) is 10.6. The van der Waals surface area contributed by atoms with Gasteiger partial charge in [0, 0.05) is 18.0 Å². The van der Waals surface area contributed by atoms with E-state index in [1.165, 1.54) is 0 Å². The van der Waals surface area contributed by atoms with Gasteiger partial charge in [-0.1, -0.05) is 0 Å². The minimum Gasteiger partial charge on any atom is -0.328 e. The summed E-state index contributed by atoms with van der Waals surface area (Å²) < 4.78 is 0. The molecule has 5 heteroatoms. The Morgan fingerprint density at radius 1 is 1.79 bits per heavy atom. The van der Waals surface area contributed by atoms with E-state index in [9.17, 15) is 4.79 Å². The first-order valence-corrected chi connectivity index (χ1v) is 4.65. The fraction of sp³-hybridized carbons (Fsp3) is 0.556. The van der Waals surface area contributed by atoms with Crippen molar-refractivity contribution in [1.29, 1.82) is 0 Å². The smallest absolute Gasteiger partial charge is 0.225 e. The van der Waals surface area contributed by atoms with Gasteiger partial charge in [-0.15, -0.1) is 0 Å². The summed E-state index contributed by atoms with van der Waals surface area (Å²) in [5, 5.41) is 9.25. The Kier molecular flexibility index (Phi) is 3.64. The highest BCUT2D eigenvalue weighted by Gasteiger charge is 2.06. The van der Waals surface area contributed by atoms with E-state index in [-0.39, 0.29) is 11.9 Å². The molecular formula is C9H16N4O. The zero-order valence-corrected chi connectivity index (χ0v) is 8.50. The maximum Gasteiger partial charge on any atom is 0.225 e. The number of aromatic nitrogens is 2. The number of H-pyrrole nitrogens is 1. The molecule has 1 rings (SSSR count). The Morgan fingerprint density at radius 2 is 2.50 bits per heavy atom. The van der Waals surface area contributed by atoms with Crippen molar-refractivity contribution >= 4 is 11.7 Å². The molecule has 0 bridgehead atoms. The van der Waals surface area contributed by atoms with Crippen LogP contribution in [0.4, 0.5) is 5.82 Å². The average molecular weight is 196 g/mol. The third kappa shape index (κ3) is 3.18. The lowest BCUT2D eigenvalue weighted by Crippen LogP contribution is -2.19. The Bertz CT molecular complexity index is 306. The van der Waals surface area contributed by atoms with E-state index in [1.54, 1.807) is 6.20 Å². The first-order valence-electron chi connectivity index (χ1n) is 4.65. The molecule has 0 saturated heterocycles. The second-order valence-electron chi connectivity index (χ2n) is 3.49. The number of nitrogens with two attached hydrogens (primary N) is 1. The molecule has 1 heterocycles. The zero-order valence-electron chi connectivity index (χ0n) is 8.50. The Hall–Kier alpha value is -1.36. The van der Waals surface area contributed by atoms with Gasteiger partial charge in [-0.3, -0.25) is 9.89 Å². The van der Waals surface area contributed by atoms with Crippen LogP contribution in [0.25, 0.3) is 0 Å². The van der Waals surface area contributed by atoms with Gasteiger partial charge in [0.15, 0.2) is 0 Å². The van der Waals surface area contributed by atoms with Gasteiger partial charge >= 0.3 is 0 Å². The number of hydrogen-bond acceptors (Lipinski definition) is 3. The minimum absolute atomic E-state index is 0.0327. The van der Waals surface area contributed by atoms with E-state index in [1.807, 2.05) is 13.8 Å². The molecule has 0 aliphatic heterocycles. The van der Waals surface area contributed by atoms with Gasteiger partial charge in [-0.2, -0.15) is 5.10 Å². The number of carbonyl (C=O) groups excluding carboxylic acids is 1. The van der Waals surface area contributed by atoms with Gasteiger partial charge < -0.3 is 11.1 Å². The highest BCUT2D eigenvalue weighted by molar-refractivity contribution is 5.90. The van der Waals surface area contributed by atoms with Crippen molar-refractivity contribution in [2.45, 2.75) is 32.7 Å². The quantitative estimate of drug-likeness (QED) is 0.665. The minimum atomic E-state index is -0.0327. The number of hydrogen-bond donors (Lipinski definition) is 3. The van der Waals surface area contributed by atoms with Crippen LogP contribution in [0.2, 0.25) is 0 Å². The third-order valence-electron chi connectivity index (χ3n) is 1.92. The van der Waals surface area contributed by atoms with Crippen LogP contribution in [0.1, 0.15) is 25.3 Å². The van der Waals surface area contributed by atoms with Crippen molar-refractivity contribution in [3.8, 4) is 0 Å². The molecule has 0 spiro atoms. The van der Waals surface area contributed by atoms with Crippen molar-refractivity contribution in [3.05, 3.63) is 11.8 Å². The second kappa shape index (κ2) is 4.76. The number of aromatic amines is 1. The van der Waals surface area contributed by atoms with Crippen molar-refractivity contribution < 1.29 is 4.79 Å². The predicted molar refractivity (Wildman–Crippen MR) is 54.8 cm³/mol. The van der Waals surface area contributed by atoms with E-state index < -0.39 is 0 Å². The largest absolute Gasteiger partial charge is 0.328 e. The van der Waals surface area contributed by atoms with Gasteiger partial charge in [0.05, 0.1) is 6.20 Å². The molecule has 1 amide bonds. The summed E-state index contributed by atoms with van der Waals surface area (Å²) >= 11 is 0. The van der Waals surface area contributed by atoms with Crippen molar-refractivity contribution in [2.75, 3.05) is 5.32 Å². The van der Waals surface area contributed by atoms with E-state index in [4.69, 9.17) is 5.73 Å². The molecular weight excluding hydrogens is 180 g/mol. The second-order valence-corrected chi connectivity index (χ2v) is 3.49. The third-order valence-corrected chi connectivity index (χ3v) is 1.92. The number of rotatable bonds is 4. The van der Waals surface area contributed by atoms with Crippen LogP contribution in [0.15, 0.2) is 6.20 Å². The van der Waals surface area contributed by atoms with Crippen LogP contribution in [0, 0.1) is 6.92 Å². The van der Waals surface area contributed by atoms with Crippen LogP contribution in [-0.2, 0) is 4.79 Å². The number of anilines is 1. The average Bonchev–Trinajstić information content (AvgIpc) is 2.49. The highest BCUT2D eigenvalue weighted by Crippen LogP contribution is 2.09. The van der Waals surface area contributed by atoms with Crippen LogP contribution < -0.4 is 11.1 Å². The molecule has 1 atom stereocenters. The van der Waals surface area contributed by atoms with Crippen LogP contribution in [0.3, 0.4) is 0 Å². The van der Waals surface area contributed by atoms with Crippen LogP contribution in [-0.4, -0.2) is 22.1 Å². The van der Waals surface area contributed by atoms with E-state index >= 15 is 0 Å². The maximum absolute atomic E-state index is 11.4. The summed E-state index contributed by atoms with van der Waals surface area (Å²) in [5.74, 6) is 0.634. The molecule has 0 fully saturated rings. The molecule has 1 aromatic heterocycles. The van der Waals surface area contributed by atoms with Gasteiger partial charge in [-0.25, -0.2) is 0 Å². The van der Waals surface area contributed by atoms with Crippen molar-refractivity contribution in [3.63, 3.8) is 0 Å².